The SMILES string of the molecule is Cc1cccc(CC(C)N)c1OCC(=O)NC1CCCC1. The third kappa shape index (κ3) is 4.74. The van der Waals surface area contributed by atoms with Gasteiger partial charge in [-0.25, -0.2) is 0 Å². The van der Waals surface area contributed by atoms with Gasteiger partial charge in [-0.1, -0.05) is 31.0 Å². The molecule has 2 rings (SSSR count). The second kappa shape index (κ2) is 7.46. The van der Waals surface area contributed by atoms with Gasteiger partial charge in [0.1, 0.15) is 5.75 Å². The van der Waals surface area contributed by atoms with Gasteiger partial charge in [0, 0.05) is 12.1 Å². The minimum absolute atomic E-state index is 0.0306. The molecule has 4 heteroatoms. The molecule has 21 heavy (non-hydrogen) atoms. The zero-order valence-electron chi connectivity index (χ0n) is 13.0. The number of carbonyl (C=O) groups is 1. The van der Waals surface area contributed by atoms with E-state index in [1.165, 1.54) is 12.8 Å². The molecule has 0 aromatic heterocycles. The van der Waals surface area contributed by atoms with Gasteiger partial charge in [-0.3, -0.25) is 4.79 Å². The molecule has 1 aromatic carbocycles. The summed E-state index contributed by atoms with van der Waals surface area (Å²) < 4.78 is 5.77. The van der Waals surface area contributed by atoms with Crippen LogP contribution >= 0.6 is 0 Å². The number of benzene rings is 1. The van der Waals surface area contributed by atoms with Gasteiger partial charge in [-0.2, -0.15) is 0 Å². The Hall–Kier alpha value is -1.55. The van der Waals surface area contributed by atoms with Crippen LogP contribution in [-0.4, -0.2) is 24.6 Å². The van der Waals surface area contributed by atoms with Crippen LogP contribution in [0.5, 0.6) is 5.75 Å². The smallest absolute Gasteiger partial charge is 0.258 e. The highest BCUT2D eigenvalue weighted by Crippen LogP contribution is 2.24. The molecule has 116 valence electrons. The second-order valence-corrected chi connectivity index (χ2v) is 6.08. The summed E-state index contributed by atoms with van der Waals surface area (Å²) in [7, 11) is 0. The average Bonchev–Trinajstić information content (AvgIpc) is 2.90. The molecule has 3 N–H and O–H groups in total. The number of para-hydroxylation sites is 1. The van der Waals surface area contributed by atoms with Crippen molar-refractivity contribution in [2.24, 2.45) is 5.73 Å². The van der Waals surface area contributed by atoms with E-state index < -0.39 is 0 Å². The summed E-state index contributed by atoms with van der Waals surface area (Å²) in [4.78, 5) is 12.0. The number of hydrogen-bond donors (Lipinski definition) is 2. The lowest BCUT2D eigenvalue weighted by atomic mass is 10.0. The number of nitrogens with two attached hydrogens (primary N) is 1. The largest absolute Gasteiger partial charge is 0.483 e. The van der Waals surface area contributed by atoms with Crippen molar-refractivity contribution in [1.82, 2.24) is 5.32 Å². The Labute approximate surface area is 127 Å². The van der Waals surface area contributed by atoms with Crippen LogP contribution in [0, 0.1) is 6.92 Å². The van der Waals surface area contributed by atoms with Gasteiger partial charge in [0.15, 0.2) is 6.61 Å². The van der Waals surface area contributed by atoms with Gasteiger partial charge in [-0.15, -0.1) is 0 Å². The zero-order chi connectivity index (χ0) is 15.2. The molecule has 1 aliphatic carbocycles. The summed E-state index contributed by atoms with van der Waals surface area (Å²) >= 11 is 0. The Morgan fingerprint density at radius 2 is 2.14 bits per heavy atom. The minimum atomic E-state index is -0.0306. The lowest BCUT2D eigenvalue weighted by molar-refractivity contribution is -0.123. The van der Waals surface area contributed by atoms with Gasteiger partial charge in [-0.05, 0) is 44.2 Å². The summed E-state index contributed by atoms with van der Waals surface area (Å²) in [6.07, 6.45) is 5.35. The molecular weight excluding hydrogens is 264 g/mol. The molecule has 0 spiro atoms. The summed E-state index contributed by atoms with van der Waals surface area (Å²) in [5, 5.41) is 3.04. The van der Waals surface area contributed by atoms with Crippen LogP contribution in [0.25, 0.3) is 0 Å². The standard InChI is InChI=1S/C17H26N2O2/c1-12-6-5-7-14(10-13(2)18)17(12)21-11-16(20)19-15-8-3-4-9-15/h5-7,13,15H,3-4,8-11,18H2,1-2H3,(H,19,20). The van der Waals surface area contributed by atoms with Crippen LogP contribution in [-0.2, 0) is 11.2 Å². The monoisotopic (exact) mass is 290 g/mol. The number of hydrogen-bond acceptors (Lipinski definition) is 3. The fourth-order valence-electron chi connectivity index (χ4n) is 2.90. The highest BCUT2D eigenvalue weighted by Gasteiger charge is 2.18. The molecule has 0 radical (unpaired) electrons. The number of amides is 1. The van der Waals surface area contributed by atoms with Crippen molar-refractivity contribution in [2.45, 2.75) is 58.0 Å². The number of carbonyl (C=O) groups excluding carboxylic acids is 1. The predicted molar refractivity (Wildman–Crippen MR) is 84.4 cm³/mol. The molecule has 1 atom stereocenters. The van der Waals surface area contributed by atoms with Crippen LogP contribution in [0.15, 0.2) is 18.2 Å². The first kappa shape index (κ1) is 15.8. The van der Waals surface area contributed by atoms with Gasteiger partial charge < -0.3 is 15.8 Å². The maximum absolute atomic E-state index is 12.0. The normalized spacial score (nSPS) is 16.7. The number of aryl methyl sites for hydroxylation is 1. The Bertz CT molecular complexity index is 480. The first-order valence-electron chi connectivity index (χ1n) is 7.82. The van der Waals surface area contributed by atoms with Crippen LogP contribution in [0.4, 0.5) is 0 Å². The van der Waals surface area contributed by atoms with Crippen molar-refractivity contribution in [1.29, 1.82) is 0 Å². The van der Waals surface area contributed by atoms with Gasteiger partial charge in [0.25, 0.3) is 5.91 Å². The zero-order valence-corrected chi connectivity index (χ0v) is 13.0. The molecule has 1 unspecified atom stereocenters. The Kier molecular flexibility index (Phi) is 5.62. The maximum atomic E-state index is 12.0. The molecule has 1 aromatic rings. The lowest BCUT2D eigenvalue weighted by Gasteiger charge is -2.16. The van der Waals surface area contributed by atoms with Gasteiger partial charge >= 0.3 is 0 Å². The van der Waals surface area contributed by atoms with Crippen LogP contribution in [0.3, 0.4) is 0 Å². The van der Waals surface area contributed by atoms with E-state index in [4.69, 9.17) is 10.5 Å². The van der Waals surface area contributed by atoms with E-state index in [9.17, 15) is 4.79 Å². The lowest BCUT2D eigenvalue weighted by Crippen LogP contribution is -2.36. The molecule has 0 aliphatic heterocycles. The Morgan fingerprint density at radius 1 is 1.43 bits per heavy atom. The molecule has 1 amide bonds. The van der Waals surface area contributed by atoms with E-state index in [0.717, 1.165) is 36.1 Å². The van der Waals surface area contributed by atoms with Gasteiger partial charge in [0.05, 0.1) is 0 Å². The molecule has 0 saturated heterocycles. The van der Waals surface area contributed by atoms with E-state index in [0.29, 0.717) is 6.04 Å². The molecule has 0 bridgehead atoms. The number of nitrogens with one attached hydrogen (secondary N) is 1. The summed E-state index contributed by atoms with van der Waals surface area (Å²) in [6.45, 7) is 4.04. The minimum Gasteiger partial charge on any atom is -0.483 e. The third-order valence-electron chi connectivity index (χ3n) is 3.90. The van der Waals surface area contributed by atoms with Crippen molar-refractivity contribution in [3.8, 4) is 5.75 Å². The molecule has 1 saturated carbocycles. The van der Waals surface area contributed by atoms with Crippen molar-refractivity contribution in [2.75, 3.05) is 6.61 Å². The predicted octanol–water partition coefficient (Wildman–Crippen LogP) is 2.32. The van der Waals surface area contributed by atoms with E-state index in [-0.39, 0.29) is 18.6 Å². The molecule has 1 aliphatic rings. The molecule has 0 heterocycles. The molecule has 4 nitrogen and oxygen atoms in total. The quantitative estimate of drug-likeness (QED) is 0.845. The summed E-state index contributed by atoms with van der Waals surface area (Å²) in [5.74, 6) is 0.772. The second-order valence-electron chi connectivity index (χ2n) is 6.08. The number of ether oxygens (including phenoxy) is 1. The highest BCUT2D eigenvalue weighted by atomic mass is 16.5. The summed E-state index contributed by atoms with van der Waals surface area (Å²) in [5.41, 5.74) is 7.98. The average molecular weight is 290 g/mol. The third-order valence-corrected chi connectivity index (χ3v) is 3.90. The molecule has 1 fully saturated rings. The van der Waals surface area contributed by atoms with Crippen LogP contribution < -0.4 is 15.8 Å². The maximum Gasteiger partial charge on any atom is 0.258 e. The topological polar surface area (TPSA) is 64.3 Å². The Morgan fingerprint density at radius 3 is 2.81 bits per heavy atom. The number of rotatable bonds is 6. The fraction of sp³-hybridized carbons (Fsp3) is 0.588. The van der Waals surface area contributed by atoms with Crippen LogP contribution in [0.1, 0.15) is 43.7 Å². The highest BCUT2D eigenvalue weighted by molar-refractivity contribution is 5.78. The van der Waals surface area contributed by atoms with Crippen molar-refractivity contribution in [3.63, 3.8) is 0 Å². The Balaban J connectivity index is 1.93. The van der Waals surface area contributed by atoms with E-state index in [1.54, 1.807) is 0 Å². The van der Waals surface area contributed by atoms with E-state index >= 15 is 0 Å². The molecular formula is C17H26N2O2. The van der Waals surface area contributed by atoms with Crippen LogP contribution in [0.2, 0.25) is 0 Å². The van der Waals surface area contributed by atoms with Crippen molar-refractivity contribution < 1.29 is 9.53 Å². The van der Waals surface area contributed by atoms with E-state index in [1.807, 2.05) is 32.0 Å². The fourth-order valence-corrected chi connectivity index (χ4v) is 2.90. The summed E-state index contributed by atoms with van der Waals surface area (Å²) in [6, 6.07) is 6.41. The first-order valence-corrected chi connectivity index (χ1v) is 7.82. The first-order chi connectivity index (χ1) is 10.1. The van der Waals surface area contributed by atoms with Gasteiger partial charge in [0.2, 0.25) is 0 Å². The van der Waals surface area contributed by atoms with Crippen molar-refractivity contribution in [3.05, 3.63) is 29.3 Å². The van der Waals surface area contributed by atoms with Crippen molar-refractivity contribution >= 4 is 5.91 Å². The van der Waals surface area contributed by atoms with E-state index in [2.05, 4.69) is 5.32 Å².